The summed E-state index contributed by atoms with van der Waals surface area (Å²) in [5.74, 6) is 4.07. The number of hydrogen-bond donors (Lipinski definition) is 2. The Bertz CT molecular complexity index is 50.2. The molecule has 0 unspecified atom stereocenters. The van der Waals surface area contributed by atoms with Crippen LogP contribution in [0.15, 0.2) is 0 Å². The van der Waals surface area contributed by atoms with E-state index in [4.69, 9.17) is 9.90 Å². The van der Waals surface area contributed by atoms with Gasteiger partial charge in [0.1, 0.15) is 0 Å². The summed E-state index contributed by atoms with van der Waals surface area (Å²) in [6.07, 6.45) is -1.47. The quantitative estimate of drug-likeness (QED) is 0.360. The zero-order valence-electron chi connectivity index (χ0n) is 3.05. The molecule has 0 aliphatic carbocycles. The topological polar surface area (TPSA) is 72.5 Å². The third-order valence-electron chi connectivity index (χ3n) is 0.101. The van der Waals surface area contributed by atoms with Crippen LogP contribution in [0, 0.1) is 0 Å². The van der Waals surface area contributed by atoms with Crippen LogP contribution in [0.4, 0.5) is 4.79 Å². The van der Waals surface area contributed by atoms with E-state index >= 15 is 0 Å². The molecule has 0 amide bonds. The van der Waals surface area contributed by atoms with Crippen LogP contribution in [0.25, 0.3) is 0 Å². The fourth-order valence-electron chi connectivity index (χ4n) is 0. The molecule has 0 aliphatic heterocycles. The van der Waals surface area contributed by atoms with E-state index in [0.717, 1.165) is 0 Å². The Morgan fingerprint density at radius 2 is 1.86 bits per heavy atom. The van der Waals surface area contributed by atoms with Crippen molar-refractivity contribution in [3.8, 4) is 0 Å². The molecule has 3 N–H and O–H groups in total. The van der Waals surface area contributed by atoms with E-state index in [1.54, 1.807) is 0 Å². The van der Waals surface area contributed by atoms with Crippen molar-refractivity contribution in [3.63, 3.8) is 0 Å². The van der Waals surface area contributed by atoms with Gasteiger partial charge in [0.05, 0.1) is 0 Å². The Labute approximate surface area is 83.1 Å². The standard InChI is InChI=1S/CH3NO3.Ca.Zn.2H/c2-5-1(3)4;;;;/h2H2,(H,3,4);;;;. The van der Waals surface area contributed by atoms with Gasteiger partial charge in [0.15, 0.2) is 0 Å². The van der Waals surface area contributed by atoms with Crippen molar-refractivity contribution in [2.75, 3.05) is 0 Å². The van der Waals surface area contributed by atoms with Crippen LogP contribution in [0.1, 0.15) is 0 Å². The zero-order chi connectivity index (χ0) is 4.28. The maximum absolute atomic E-state index is 9.02. The van der Waals surface area contributed by atoms with Crippen LogP contribution in [0.5, 0.6) is 0 Å². The van der Waals surface area contributed by atoms with Crippen molar-refractivity contribution < 1.29 is 34.2 Å². The van der Waals surface area contributed by atoms with Gasteiger partial charge in [-0.2, -0.15) is 5.90 Å². The summed E-state index contributed by atoms with van der Waals surface area (Å²) in [4.78, 5) is 12.2. The summed E-state index contributed by atoms with van der Waals surface area (Å²) < 4.78 is 0. The van der Waals surface area contributed by atoms with Gasteiger partial charge in [-0.05, 0) is 0 Å². The van der Waals surface area contributed by atoms with Gasteiger partial charge in [0.2, 0.25) is 0 Å². The Morgan fingerprint density at radius 1 is 1.71 bits per heavy atom. The molecule has 36 valence electrons. The largest absolute Gasteiger partial charge is 0 e. The monoisotopic (exact) mass is 183 g/mol. The molecule has 0 spiro atoms. The second kappa shape index (κ2) is 10.2. The average Bonchev–Trinajstić information content (AvgIpc) is 1.38. The van der Waals surface area contributed by atoms with Crippen LogP contribution in [-0.4, -0.2) is 49.0 Å². The Hall–Kier alpha value is 1.11. The predicted molar refractivity (Wildman–Crippen MR) is 21.8 cm³/mol. The number of carbonyl (C=O) groups is 1. The molecular weight excluding hydrogens is 179 g/mol. The summed E-state index contributed by atoms with van der Waals surface area (Å²) in [7, 11) is 0. The minimum Gasteiger partial charge on any atom is 0 e. The molecule has 0 aromatic rings. The van der Waals surface area contributed by atoms with E-state index in [-0.39, 0.29) is 57.2 Å². The molecular formula is CH5CaNO3Zn. The maximum atomic E-state index is 9.02. The van der Waals surface area contributed by atoms with E-state index in [0.29, 0.717) is 0 Å². The predicted octanol–water partition coefficient (Wildman–Crippen LogP) is -1.36. The van der Waals surface area contributed by atoms with Crippen molar-refractivity contribution in [2.45, 2.75) is 0 Å². The summed E-state index contributed by atoms with van der Waals surface area (Å²) in [5, 5.41) is 7.38. The fraction of sp³-hybridized carbons (Fsp3) is 0. The van der Waals surface area contributed by atoms with Gasteiger partial charge in [-0.15, -0.1) is 0 Å². The third kappa shape index (κ3) is 19.2. The normalized spacial score (nSPS) is 4.71. The van der Waals surface area contributed by atoms with E-state index < -0.39 is 6.16 Å². The van der Waals surface area contributed by atoms with Crippen LogP contribution < -0.4 is 5.90 Å². The van der Waals surface area contributed by atoms with Crippen molar-refractivity contribution in [3.05, 3.63) is 0 Å². The Morgan fingerprint density at radius 3 is 1.86 bits per heavy atom. The minimum atomic E-state index is -1.47. The van der Waals surface area contributed by atoms with Gasteiger partial charge in [-0.1, -0.05) is 0 Å². The van der Waals surface area contributed by atoms with E-state index in [9.17, 15) is 0 Å². The van der Waals surface area contributed by atoms with Gasteiger partial charge in [-0.25, -0.2) is 4.79 Å². The third-order valence-corrected chi connectivity index (χ3v) is 0.101. The van der Waals surface area contributed by atoms with E-state index in [2.05, 4.69) is 10.7 Å². The molecule has 0 saturated heterocycles. The first kappa shape index (κ1) is 15.7. The van der Waals surface area contributed by atoms with Crippen LogP contribution >= 0.6 is 0 Å². The van der Waals surface area contributed by atoms with Crippen LogP contribution in [-0.2, 0) is 24.3 Å². The summed E-state index contributed by atoms with van der Waals surface area (Å²) in [6.45, 7) is 0. The zero-order valence-corrected chi connectivity index (χ0v) is 6.02. The molecule has 4 nitrogen and oxygen atoms in total. The SMILES string of the molecule is NOC(=O)O.[CaH2].[Zn]. The van der Waals surface area contributed by atoms with Crippen molar-refractivity contribution in [1.29, 1.82) is 0 Å². The van der Waals surface area contributed by atoms with Crippen LogP contribution in [0.3, 0.4) is 0 Å². The van der Waals surface area contributed by atoms with Gasteiger partial charge in [-0.3, -0.25) is 0 Å². The Kier molecular flexibility index (Phi) is 22.8. The average molecular weight is 185 g/mol. The molecule has 0 heterocycles. The smallest absolute Gasteiger partial charge is 0 e. The maximum Gasteiger partial charge on any atom is 0 e. The second-order valence-corrected chi connectivity index (χ2v) is 0.384. The molecule has 7 heavy (non-hydrogen) atoms. The molecule has 0 fully saturated rings. The molecule has 0 radical (unpaired) electrons. The number of hydrogen-bond acceptors (Lipinski definition) is 3. The number of nitrogens with two attached hydrogens (primary N) is 1. The fourth-order valence-corrected chi connectivity index (χ4v) is 0. The van der Waals surface area contributed by atoms with Gasteiger partial charge >= 0.3 is 43.9 Å². The number of rotatable bonds is 0. The van der Waals surface area contributed by atoms with Gasteiger partial charge in [0, 0.05) is 19.5 Å². The molecule has 0 aromatic carbocycles. The van der Waals surface area contributed by atoms with E-state index in [1.165, 1.54) is 0 Å². The van der Waals surface area contributed by atoms with E-state index in [1.807, 2.05) is 0 Å². The van der Waals surface area contributed by atoms with Crippen molar-refractivity contribution in [1.82, 2.24) is 0 Å². The molecule has 0 aromatic heterocycles. The first-order valence-corrected chi connectivity index (χ1v) is 0.868. The second-order valence-electron chi connectivity index (χ2n) is 0.384. The molecule has 0 saturated carbocycles. The molecule has 0 bridgehead atoms. The molecule has 6 heteroatoms. The first-order valence-electron chi connectivity index (χ1n) is 0.868. The van der Waals surface area contributed by atoms with Crippen molar-refractivity contribution >= 4 is 43.9 Å². The molecule has 0 aliphatic rings. The Balaban J connectivity index is -0.0000000800. The first-order chi connectivity index (χ1) is 2.27. The van der Waals surface area contributed by atoms with Crippen LogP contribution in [0.2, 0.25) is 0 Å². The summed E-state index contributed by atoms with van der Waals surface area (Å²) >= 11 is 0. The van der Waals surface area contributed by atoms with Crippen molar-refractivity contribution in [2.24, 2.45) is 5.90 Å². The summed E-state index contributed by atoms with van der Waals surface area (Å²) in [5.41, 5.74) is 0. The molecule has 0 rings (SSSR count). The van der Waals surface area contributed by atoms with Gasteiger partial charge < -0.3 is 9.94 Å². The number of carboxylic acid groups (broad SMARTS) is 1. The minimum absolute atomic E-state index is 0. The molecule has 0 atom stereocenters. The van der Waals surface area contributed by atoms with Gasteiger partial charge in [0.25, 0.3) is 0 Å². The summed E-state index contributed by atoms with van der Waals surface area (Å²) in [6, 6.07) is 0.